The first-order valence-corrected chi connectivity index (χ1v) is 10.6. The van der Waals surface area contributed by atoms with Crippen molar-refractivity contribution in [1.29, 1.82) is 0 Å². The molecule has 0 spiro atoms. The first-order valence-electron chi connectivity index (χ1n) is 9.77. The van der Waals surface area contributed by atoms with Crippen molar-refractivity contribution in [3.8, 4) is 0 Å². The van der Waals surface area contributed by atoms with Crippen molar-refractivity contribution < 1.29 is 0 Å². The largest absolute Gasteiger partial charge is 0.383 e. The van der Waals surface area contributed by atoms with E-state index in [2.05, 4.69) is 34.1 Å². The zero-order valence-corrected chi connectivity index (χ0v) is 16.5. The van der Waals surface area contributed by atoms with Crippen molar-refractivity contribution in [3.05, 3.63) is 52.2 Å². The van der Waals surface area contributed by atoms with Gasteiger partial charge in [-0.15, -0.1) is 11.3 Å². The molecule has 2 aromatic heterocycles. The van der Waals surface area contributed by atoms with Gasteiger partial charge in [-0.3, -0.25) is 4.90 Å². The van der Waals surface area contributed by atoms with Crippen molar-refractivity contribution in [2.24, 2.45) is 5.73 Å². The third kappa shape index (κ3) is 4.13. The molecule has 0 unspecified atom stereocenters. The highest BCUT2D eigenvalue weighted by atomic mass is 32.1. The summed E-state index contributed by atoms with van der Waals surface area (Å²) in [5, 5.41) is 1.10. The fourth-order valence-corrected chi connectivity index (χ4v) is 5.17. The maximum absolute atomic E-state index is 6.35. The molecule has 0 aliphatic heterocycles. The lowest BCUT2D eigenvalue weighted by atomic mass is 9.97. The molecule has 3 aromatic rings. The van der Waals surface area contributed by atoms with Gasteiger partial charge in [-0.2, -0.15) is 0 Å². The average Bonchev–Trinajstić information content (AvgIpc) is 3.06. The SMILES string of the molecule is NCCN(CCc1ccccc1)Cc1nc(N)c2c3c(sc2n1)CCCC3. The quantitative estimate of drug-likeness (QED) is 0.657. The fraction of sp³-hybridized carbons (Fsp3) is 0.429. The van der Waals surface area contributed by atoms with Gasteiger partial charge in [-0.25, -0.2) is 9.97 Å². The van der Waals surface area contributed by atoms with Crippen LogP contribution in [0.1, 0.15) is 34.7 Å². The van der Waals surface area contributed by atoms with Crippen LogP contribution in [0.2, 0.25) is 0 Å². The first kappa shape index (κ1) is 18.3. The summed E-state index contributed by atoms with van der Waals surface area (Å²) in [5.41, 5.74) is 14.9. The Balaban J connectivity index is 1.53. The van der Waals surface area contributed by atoms with Gasteiger partial charge in [-0.05, 0) is 43.2 Å². The molecule has 2 heterocycles. The number of nitrogen functional groups attached to an aromatic ring is 1. The lowest BCUT2D eigenvalue weighted by molar-refractivity contribution is 0.270. The third-order valence-electron chi connectivity index (χ3n) is 5.26. The molecular formula is C21H27N5S. The molecule has 4 N–H and O–H groups in total. The van der Waals surface area contributed by atoms with Crippen LogP contribution < -0.4 is 11.5 Å². The maximum atomic E-state index is 6.35. The van der Waals surface area contributed by atoms with Crippen molar-refractivity contribution >= 4 is 27.4 Å². The highest BCUT2D eigenvalue weighted by molar-refractivity contribution is 7.19. The second kappa shape index (κ2) is 8.33. The summed E-state index contributed by atoms with van der Waals surface area (Å²) in [7, 11) is 0. The zero-order chi connectivity index (χ0) is 18.6. The summed E-state index contributed by atoms with van der Waals surface area (Å²) in [6, 6.07) is 10.5. The van der Waals surface area contributed by atoms with Gasteiger partial charge >= 0.3 is 0 Å². The van der Waals surface area contributed by atoms with Gasteiger partial charge in [0.25, 0.3) is 0 Å². The first-order chi connectivity index (χ1) is 13.2. The van der Waals surface area contributed by atoms with E-state index in [-0.39, 0.29) is 0 Å². The number of thiophene rings is 1. The van der Waals surface area contributed by atoms with E-state index in [0.717, 1.165) is 48.4 Å². The van der Waals surface area contributed by atoms with E-state index in [4.69, 9.17) is 16.5 Å². The Bertz CT molecular complexity index is 906. The van der Waals surface area contributed by atoms with Crippen LogP contribution >= 0.6 is 11.3 Å². The van der Waals surface area contributed by atoms with Crippen LogP contribution in [-0.2, 0) is 25.8 Å². The summed E-state index contributed by atoms with van der Waals surface area (Å²) in [4.78, 5) is 14.3. The number of anilines is 1. The van der Waals surface area contributed by atoms with Crippen LogP contribution in [0, 0.1) is 0 Å². The van der Waals surface area contributed by atoms with Crippen molar-refractivity contribution in [2.75, 3.05) is 25.4 Å². The Morgan fingerprint density at radius 1 is 1.04 bits per heavy atom. The molecule has 5 nitrogen and oxygen atoms in total. The zero-order valence-electron chi connectivity index (χ0n) is 15.7. The second-order valence-electron chi connectivity index (χ2n) is 7.22. The van der Waals surface area contributed by atoms with E-state index in [1.54, 1.807) is 11.3 Å². The number of benzene rings is 1. The highest BCUT2D eigenvalue weighted by Crippen LogP contribution is 2.37. The van der Waals surface area contributed by atoms with Gasteiger partial charge in [0.1, 0.15) is 16.5 Å². The van der Waals surface area contributed by atoms with Gasteiger partial charge in [0.15, 0.2) is 0 Å². The monoisotopic (exact) mass is 381 g/mol. The number of aromatic nitrogens is 2. The normalized spacial score (nSPS) is 14.0. The molecule has 1 aliphatic rings. The van der Waals surface area contributed by atoms with Gasteiger partial charge in [0.05, 0.1) is 11.9 Å². The topological polar surface area (TPSA) is 81.1 Å². The van der Waals surface area contributed by atoms with E-state index in [9.17, 15) is 0 Å². The number of fused-ring (bicyclic) bond motifs is 3. The smallest absolute Gasteiger partial charge is 0.146 e. The minimum absolute atomic E-state index is 0.625. The summed E-state index contributed by atoms with van der Waals surface area (Å²) in [6.07, 6.45) is 5.76. The van der Waals surface area contributed by atoms with Gasteiger partial charge < -0.3 is 11.5 Å². The predicted molar refractivity (Wildman–Crippen MR) is 113 cm³/mol. The van der Waals surface area contributed by atoms with Crippen LogP contribution in [0.15, 0.2) is 30.3 Å². The Morgan fingerprint density at radius 3 is 2.67 bits per heavy atom. The number of nitrogens with two attached hydrogens (primary N) is 2. The van der Waals surface area contributed by atoms with E-state index in [1.165, 1.54) is 28.8 Å². The highest BCUT2D eigenvalue weighted by Gasteiger charge is 2.20. The lowest BCUT2D eigenvalue weighted by Crippen LogP contribution is -2.31. The van der Waals surface area contributed by atoms with Crippen molar-refractivity contribution in [2.45, 2.75) is 38.6 Å². The number of aryl methyl sites for hydroxylation is 2. The van der Waals surface area contributed by atoms with Crippen molar-refractivity contribution in [3.63, 3.8) is 0 Å². The lowest BCUT2D eigenvalue weighted by Gasteiger charge is -2.21. The molecule has 0 fully saturated rings. The van der Waals surface area contributed by atoms with Gasteiger partial charge in [0.2, 0.25) is 0 Å². The summed E-state index contributed by atoms with van der Waals surface area (Å²) >= 11 is 1.80. The summed E-state index contributed by atoms with van der Waals surface area (Å²) in [5.74, 6) is 1.45. The number of hydrogen-bond donors (Lipinski definition) is 2. The molecule has 0 radical (unpaired) electrons. The molecule has 1 aliphatic carbocycles. The molecular weight excluding hydrogens is 354 g/mol. The Labute approximate surface area is 164 Å². The van der Waals surface area contributed by atoms with E-state index >= 15 is 0 Å². The molecule has 1 aromatic carbocycles. The van der Waals surface area contributed by atoms with Crippen molar-refractivity contribution in [1.82, 2.24) is 14.9 Å². The van der Waals surface area contributed by atoms with E-state index in [1.807, 2.05) is 6.07 Å². The van der Waals surface area contributed by atoms with Gasteiger partial charge in [-0.1, -0.05) is 30.3 Å². The maximum Gasteiger partial charge on any atom is 0.146 e. The predicted octanol–water partition coefficient (Wildman–Crippen LogP) is 3.16. The summed E-state index contributed by atoms with van der Waals surface area (Å²) in [6.45, 7) is 3.07. The minimum Gasteiger partial charge on any atom is -0.383 e. The van der Waals surface area contributed by atoms with Gasteiger partial charge in [0, 0.05) is 24.5 Å². The molecule has 0 saturated carbocycles. The molecule has 0 amide bonds. The Morgan fingerprint density at radius 2 is 1.85 bits per heavy atom. The number of rotatable bonds is 7. The van der Waals surface area contributed by atoms with Crippen LogP contribution in [0.3, 0.4) is 0 Å². The molecule has 27 heavy (non-hydrogen) atoms. The average molecular weight is 382 g/mol. The van der Waals surface area contributed by atoms with Crippen LogP contribution in [0.5, 0.6) is 0 Å². The molecule has 0 atom stereocenters. The van der Waals surface area contributed by atoms with Crippen LogP contribution in [0.4, 0.5) is 5.82 Å². The third-order valence-corrected chi connectivity index (χ3v) is 6.44. The van der Waals surface area contributed by atoms with E-state index in [0.29, 0.717) is 18.9 Å². The Hall–Kier alpha value is -2.02. The van der Waals surface area contributed by atoms with Crippen LogP contribution in [-0.4, -0.2) is 34.5 Å². The fourth-order valence-electron chi connectivity index (χ4n) is 3.89. The number of hydrogen-bond acceptors (Lipinski definition) is 6. The minimum atomic E-state index is 0.625. The molecule has 4 rings (SSSR count). The molecule has 0 saturated heterocycles. The second-order valence-corrected chi connectivity index (χ2v) is 8.30. The molecule has 6 heteroatoms. The Kier molecular flexibility index (Phi) is 5.66. The van der Waals surface area contributed by atoms with E-state index < -0.39 is 0 Å². The van der Waals surface area contributed by atoms with Crippen LogP contribution in [0.25, 0.3) is 10.2 Å². The molecule has 0 bridgehead atoms. The standard InChI is InChI=1S/C21H27N5S/c22-11-13-26(12-10-15-6-2-1-3-7-15)14-18-24-20(23)19-16-8-4-5-9-17(16)27-21(19)25-18/h1-3,6-7H,4-5,8-14,22H2,(H2,23,24,25). The summed E-state index contributed by atoms with van der Waals surface area (Å²) < 4.78 is 0. The molecule has 142 valence electrons. The number of nitrogens with zero attached hydrogens (tertiary/aromatic N) is 3.